The number of nitrogens with zero attached hydrogens (tertiary/aromatic N) is 3. The van der Waals surface area contributed by atoms with Crippen LogP contribution in [0.2, 0.25) is 0 Å². The number of aromatic hydroxyl groups is 1. The molecule has 2 aromatic carbocycles. The van der Waals surface area contributed by atoms with Gasteiger partial charge in [-0.25, -0.2) is 0 Å². The minimum absolute atomic E-state index is 0. The molecule has 3 rings (SSSR count). The zero-order valence-electron chi connectivity index (χ0n) is 18.3. The molecule has 1 aliphatic rings. The summed E-state index contributed by atoms with van der Waals surface area (Å²) in [6, 6.07) is 15.6. The number of rotatable bonds is 8. The number of ether oxygens (including phenoxy) is 2. The van der Waals surface area contributed by atoms with Crippen LogP contribution in [0.25, 0.3) is 0 Å². The summed E-state index contributed by atoms with van der Waals surface area (Å²) in [5.74, 6) is 2.09. The molecule has 1 heterocycles. The first-order valence-corrected chi connectivity index (χ1v) is 10.4. The number of benzene rings is 2. The second kappa shape index (κ2) is 13.3. The molecule has 0 spiro atoms. The molecule has 0 bridgehead atoms. The van der Waals surface area contributed by atoms with Crippen LogP contribution in [-0.2, 0) is 11.3 Å². The first-order chi connectivity index (χ1) is 14.7. The van der Waals surface area contributed by atoms with Gasteiger partial charge in [0, 0.05) is 59.9 Å². The van der Waals surface area contributed by atoms with Crippen LogP contribution >= 0.6 is 24.0 Å². The van der Waals surface area contributed by atoms with Crippen molar-refractivity contribution >= 4 is 35.6 Å². The highest BCUT2D eigenvalue weighted by Gasteiger charge is 2.21. The molecule has 2 aromatic rings. The van der Waals surface area contributed by atoms with Crippen molar-refractivity contribution in [2.24, 2.45) is 4.99 Å². The Balaban J connectivity index is 0.00000341. The average molecular weight is 540 g/mol. The fourth-order valence-corrected chi connectivity index (χ4v) is 3.54. The fraction of sp³-hybridized carbons (Fsp3) is 0.435. The topological polar surface area (TPSA) is 69.6 Å². The van der Waals surface area contributed by atoms with E-state index in [0.717, 1.165) is 55.6 Å². The Morgan fingerprint density at radius 2 is 1.84 bits per heavy atom. The minimum atomic E-state index is 0. The van der Waals surface area contributed by atoms with E-state index in [9.17, 15) is 5.11 Å². The van der Waals surface area contributed by atoms with Gasteiger partial charge < -0.3 is 29.7 Å². The van der Waals surface area contributed by atoms with Gasteiger partial charge in [-0.15, -0.1) is 24.0 Å². The summed E-state index contributed by atoms with van der Waals surface area (Å²) >= 11 is 0. The summed E-state index contributed by atoms with van der Waals surface area (Å²) in [6.45, 7) is 5.39. The van der Waals surface area contributed by atoms with Crippen LogP contribution in [0.1, 0.15) is 12.0 Å². The molecular formula is C23H33IN4O3. The monoisotopic (exact) mass is 540 g/mol. The normalized spacial score (nSPS) is 14.2. The van der Waals surface area contributed by atoms with Gasteiger partial charge in [-0.3, -0.25) is 4.99 Å². The molecule has 0 unspecified atom stereocenters. The molecule has 7 nitrogen and oxygen atoms in total. The quantitative estimate of drug-likeness (QED) is 0.232. The van der Waals surface area contributed by atoms with Crippen molar-refractivity contribution in [2.45, 2.75) is 13.0 Å². The molecule has 31 heavy (non-hydrogen) atoms. The summed E-state index contributed by atoms with van der Waals surface area (Å²) in [5, 5.41) is 13.5. The summed E-state index contributed by atoms with van der Waals surface area (Å²) < 4.78 is 10.8. The van der Waals surface area contributed by atoms with Crippen molar-refractivity contribution < 1.29 is 14.6 Å². The van der Waals surface area contributed by atoms with E-state index >= 15 is 0 Å². The predicted octanol–water partition coefficient (Wildman–Crippen LogP) is 3.32. The number of phenolic OH excluding ortho intramolecular Hbond substituents is 1. The van der Waals surface area contributed by atoms with Gasteiger partial charge in [0.15, 0.2) is 5.96 Å². The Hall–Kier alpha value is -2.20. The van der Waals surface area contributed by atoms with Gasteiger partial charge in [0.2, 0.25) is 0 Å². The molecular weight excluding hydrogens is 507 g/mol. The summed E-state index contributed by atoms with van der Waals surface area (Å²) in [5.41, 5.74) is 2.04. The molecule has 0 atom stereocenters. The van der Waals surface area contributed by atoms with Crippen LogP contribution in [0.15, 0.2) is 53.5 Å². The van der Waals surface area contributed by atoms with Gasteiger partial charge in [-0.2, -0.15) is 0 Å². The van der Waals surface area contributed by atoms with Crippen molar-refractivity contribution in [3.8, 4) is 11.5 Å². The van der Waals surface area contributed by atoms with E-state index in [-0.39, 0.29) is 24.0 Å². The standard InChI is InChI=1S/C23H32N4O3.HI/c1-24-23(25-18-19-7-5-8-20(17-19)30-16-6-15-29-2)27-13-11-26(12-14-27)21-9-3-4-10-22(21)28;/h3-5,7-10,17,28H,6,11-16,18H2,1-2H3,(H,24,25);1H. The number of hydrogen-bond acceptors (Lipinski definition) is 5. The smallest absolute Gasteiger partial charge is 0.194 e. The van der Waals surface area contributed by atoms with Crippen molar-refractivity contribution in [2.75, 3.05) is 58.5 Å². The number of nitrogens with one attached hydrogen (secondary N) is 1. The lowest BCUT2D eigenvalue weighted by Crippen LogP contribution is -2.52. The molecule has 0 aromatic heterocycles. The molecule has 8 heteroatoms. The van der Waals surface area contributed by atoms with E-state index in [1.807, 2.05) is 37.4 Å². The minimum Gasteiger partial charge on any atom is -0.506 e. The van der Waals surface area contributed by atoms with E-state index in [1.54, 1.807) is 13.2 Å². The zero-order valence-corrected chi connectivity index (χ0v) is 20.6. The maximum absolute atomic E-state index is 10.1. The number of halogens is 1. The third-order valence-electron chi connectivity index (χ3n) is 5.12. The third-order valence-corrected chi connectivity index (χ3v) is 5.12. The Labute approximate surface area is 202 Å². The number of hydrogen-bond donors (Lipinski definition) is 2. The van der Waals surface area contributed by atoms with Crippen molar-refractivity contribution in [1.82, 2.24) is 10.2 Å². The lowest BCUT2D eigenvalue weighted by atomic mass is 10.2. The average Bonchev–Trinajstić information content (AvgIpc) is 2.78. The van der Waals surface area contributed by atoms with Gasteiger partial charge in [0.05, 0.1) is 12.3 Å². The van der Waals surface area contributed by atoms with Crippen LogP contribution in [-0.4, -0.2) is 69.5 Å². The van der Waals surface area contributed by atoms with Crippen LogP contribution in [0.3, 0.4) is 0 Å². The summed E-state index contributed by atoms with van der Waals surface area (Å²) in [7, 11) is 3.51. The molecule has 1 aliphatic heterocycles. The highest BCUT2D eigenvalue weighted by molar-refractivity contribution is 14.0. The largest absolute Gasteiger partial charge is 0.506 e. The number of aliphatic imine (C=N–C) groups is 1. The Morgan fingerprint density at radius 1 is 1.06 bits per heavy atom. The van der Waals surface area contributed by atoms with Gasteiger partial charge in [-0.1, -0.05) is 24.3 Å². The number of guanidine groups is 1. The Kier molecular flexibility index (Phi) is 10.7. The number of phenols is 1. The highest BCUT2D eigenvalue weighted by atomic mass is 127. The molecule has 2 N–H and O–H groups in total. The van der Waals surface area contributed by atoms with Crippen LogP contribution in [0.4, 0.5) is 5.69 Å². The maximum atomic E-state index is 10.1. The molecule has 0 aliphatic carbocycles. The second-order valence-electron chi connectivity index (χ2n) is 7.21. The first-order valence-electron chi connectivity index (χ1n) is 10.4. The molecule has 0 amide bonds. The fourth-order valence-electron chi connectivity index (χ4n) is 3.54. The van der Waals surface area contributed by atoms with Crippen molar-refractivity contribution in [1.29, 1.82) is 0 Å². The van der Waals surface area contributed by atoms with Gasteiger partial charge >= 0.3 is 0 Å². The van der Waals surface area contributed by atoms with E-state index < -0.39 is 0 Å². The van der Waals surface area contributed by atoms with Crippen molar-refractivity contribution in [3.63, 3.8) is 0 Å². The van der Waals surface area contributed by atoms with Crippen molar-refractivity contribution in [3.05, 3.63) is 54.1 Å². The van der Waals surface area contributed by atoms with Gasteiger partial charge in [0.25, 0.3) is 0 Å². The Morgan fingerprint density at radius 3 is 2.55 bits per heavy atom. The number of anilines is 1. The molecule has 170 valence electrons. The molecule has 0 saturated carbocycles. The van der Waals surface area contributed by atoms with Gasteiger partial charge in [0.1, 0.15) is 11.5 Å². The van der Waals surface area contributed by atoms with Gasteiger partial charge in [-0.05, 0) is 29.8 Å². The SMILES string of the molecule is CN=C(NCc1cccc(OCCCOC)c1)N1CCN(c2ccccc2O)CC1.I. The second-order valence-corrected chi connectivity index (χ2v) is 7.21. The summed E-state index contributed by atoms with van der Waals surface area (Å²) in [6.07, 6.45) is 0.873. The zero-order chi connectivity index (χ0) is 21.2. The predicted molar refractivity (Wildman–Crippen MR) is 136 cm³/mol. The molecule has 1 saturated heterocycles. The summed E-state index contributed by atoms with van der Waals surface area (Å²) in [4.78, 5) is 8.92. The van der Waals surface area contributed by atoms with Crippen LogP contribution < -0.4 is 15.0 Å². The molecule has 0 radical (unpaired) electrons. The van der Waals surface area contributed by atoms with E-state index in [4.69, 9.17) is 9.47 Å². The highest BCUT2D eigenvalue weighted by Crippen LogP contribution is 2.27. The Bertz CT molecular complexity index is 826. The van der Waals surface area contributed by atoms with Crippen LogP contribution in [0, 0.1) is 0 Å². The lowest BCUT2D eigenvalue weighted by molar-refractivity contribution is 0.172. The number of para-hydroxylation sites is 2. The van der Waals surface area contributed by atoms with E-state index in [2.05, 4.69) is 32.2 Å². The number of piperazine rings is 1. The van der Waals surface area contributed by atoms with Crippen LogP contribution in [0.5, 0.6) is 11.5 Å². The first kappa shape index (κ1) is 25.1. The van der Waals surface area contributed by atoms with E-state index in [0.29, 0.717) is 25.5 Å². The number of methoxy groups -OCH3 is 1. The lowest BCUT2D eigenvalue weighted by Gasteiger charge is -2.37. The van der Waals surface area contributed by atoms with E-state index in [1.165, 1.54) is 0 Å². The maximum Gasteiger partial charge on any atom is 0.194 e. The third kappa shape index (κ3) is 7.46. The molecule has 1 fully saturated rings.